The number of nitrogens with one attached hydrogen (secondary N) is 1. The van der Waals surface area contributed by atoms with Crippen LogP contribution < -0.4 is 10.1 Å². The van der Waals surface area contributed by atoms with Crippen LogP contribution in [-0.2, 0) is 6.54 Å². The van der Waals surface area contributed by atoms with Crippen molar-refractivity contribution in [3.05, 3.63) is 50.5 Å². The average Bonchev–Trinajstić information content (AvgIpc) is 3.12. The van der Waals surface area contributed by atoms with Crippen molar-refractivity contribution in [3.8, 4) is 5.75 Å². The summed E-state index contributed by atoms with van der Waals surface area (Å²) in [5.41, 5.74) is 0. The zero-order valence-electron chi connectivity index (χ0n) is 11.5. The molecule has 0 fully saturated rings. The lowest BCUT2D eigenvalue weighted by Crippen LogP contribution is -2.21. The molecule has 120 valence electrons. The molecular weight excluding hydrogens is 364 g/mol. The highest BCUT2D eigenvalue weighted by Crippen LogP contribution is 2.37. The summed E-state index contributed by atoms with van der Waals surface area (Å²) in [6.07, 6.45) is 0. The van der Waals surface area contributed by atoms with Gasteiger partial charge in [0.1, 0.15) is 10.6 Å². The summed E-state index contributed by atoms with van der Waals surface area (Å²) >= 11 is 8.92. The molecule has 2 aromatic heterocycles. The Morgan fingerprint density at radius 3 is 2.87 bits per heavy atom. The summed E-state index contributed by atoms with van der Waals surface area (Å²) in [5.74, 6) is -0.253. The molecule has 0 radical (unpaired) electrons. The van der Waals surface area contributed by atoms with E-state index in [1.807, 2.05) is 17.5 Å². The molecule has 8 heteroatoms. The number of hydrogen-bond donors (Lipinski definition) is 1. The first-order chi connectivity index (χ1) is 11.0. The van der Waals surface area contributed by atoms with E-state index in [0.29, 0.717) is 26.5 Å². The first kappa shape index (κ1) is 16.2. The van der Waals surface area contributed by atoms with Crippen molar-refractivity contribution < 1.29 is 18.3 Å². The monoisotopic (exact) mass is 373 g/mol. The van der Waals surface area contributed by atoms with Gasteiger partial charge in [0.2, 0.25) is 0 Å². The van der Waals surface area contributed by atoms with Gasteiger partial charge in [0.15, 0.2) is 0 Å². The van der Waals surface area contributed by atoms with Crippen LogP contribution in [-0.4, -0.2) is 12.5 Å². The normalized spacial score (nSPS) is 11.1. The van der Waals surface area contributed by atoms with E-state index >= 15 is 0 Å². The van der Waals surface area contributed by atoms with Crippen LogP contribution in [0, 0.1) is 0 Å². The zero-order valence-corrected chi connectivity index (χ0v) is 13.9. The molecule has 0 unspecified atom stereocenters. The number of halogens is 3. The summed E-state index contributed by atoms with van der Waals surface area (Å²) in [5, 5.41) is 5.68. The number of thiophene rings is 2. The summed E-state index contributed by atoms with van der Waals surface area (Å²) in [7, 11) is 0. The Morgan fingerprint density at radius 1 is 1.35 bits per heavy atom. The van der Waals surface area contributed by atoms with Crippen molar-refractivity contribution in [2.45, 2.75) is 13.2 Å². The Morgan fingerprint density at radius 2 is 2.17 bits per heavy atom. The predicted octanol–water partition coefficient (Wildman–Crippen LogP) is 5.15. The maximum absolute atomic E-state index is 12.3. The standard InChI is InChI=1S/C15H10ClF2NO2S2/c16-12-10-4-3-8(21-15(17)18)6-11(10)23-13(12)14(20)19-7-9-2-1-5-22-9/h1-6,15H,7H2,(H,19,20). The topological polar surface area (TPSA) is 38.3 Å². The summed E-state index contributed by atoms with van der Waals surface area (Å²) in [6.45, 7) is -2.47. The van der Waals surface area contributed by atoms with Gasteiger partial charge in [-0.05, 0) is 29.6 Å². The highest BCUT2D eigenvalue weighted by molar-refractivity contribution is 7.21. The Labute approximate surface area is 143 Å². The van der Waals surface area contributed by atoms with Crippen molar-refractivity contribution in [3.63, 3.8) is 0 Å². The zero-order chi connectivity index (χ0) is 16.4. The largest absolute Gasteiger partial charge is 0.435 e. The first-order valence-electron chi connectivity index (χ1n) is 6.52. The van der Waals surface area contributed by atoms with Crippen molar-refractivity contribution in [2.24, 2.45) is 0 Å². The third-order valence-electron chi connectivity index (χ3n) is 3.04. The van der Waals surface area contributed by atoms with Gasteiger partial charge < -0.3 is 10.1 Å². The number of rotatable bonds is 5. The van der Waals surface area contributed by atoms with Crippen LogP contribution >= 0.6 is 34.3 Å². The minimum atomic E-state index is -2.89. The number of alkyl halides is 2. The number of ether oxygens (including phenoxy) is 1. The van der Waals surface area contributed by atoms with Gasteiger partial charge in [-0.25, -0.2) is 0 Å². The van der Waals surface area contributed by atoms with E-state index in [1.54, 1.807) is 17.4 Å². The average molecular weight is 374 g/mol. The third kappa shape index (κ3) is 3.63. The van der Waals surface area contributed by atoms with Crippen LogP contribution in [0.5, 0.6) is 5.75 Å². The van der Waals surface area contributed by atoms with E-state index in [2.05, 4.69) is 10.1 Å². The van der Waals surface area contributed by atoms with Gasteiger partial charge >= 0.3 is 6.61 Å². The minimum Gasteiger partial charge on any atom is -0.435 e. The molecule has 0 atom stereocenters. The van der Waals surface area contributed by atoms with Crippen LogP contribution in [0.4, 0.5) is 8.78 Å². The van der Waals surface area contributed by atoms with E-state index in [-0.39, 0.29) is 11.7 Å². The molecule has 2 heterocycles. The maximum atomic E-state index is 12.3. The molecule has 3 rings (SSSR count). The fraction of sp³-hybridized carbons (Fsp3) is 0.133. The van der Waals surface area contributed by atoms with Gasteiger partial charge in [-0.15, -0.1) is 22.7 Å². The second-order valence-corrected chi connectivity index (χ2v) is 7.01. The van der Waals surface area contributed by atoms with E-state index in [4.69, 9.17) is 11.6 Å². The van der Waals surface area contributed by atoms with E-state index in [0.717, 1.165) is 16.2 Å². The molecule has 1 aromatic carbocycles. The Kier molecular flexibility index (Phi) is 4.79. The molecule has 0 aliphatic carbocycles. The first-order valence-corrected chi connectivity index (χ1v) is 8.59. The molecule has 0 bridgehead atoms. The maximum Gasteiger partial charge on any atom is 0.387 e. The smallest absolute Gasteiger partial charge is 0.387 e. The molecule has 0 aliphatic rings. The summed E-state index contributed by atoms with van der Waals surface area (Å²) in [6, 6.07) is 8.25. The molecule has 3 nitrogen and oxygen atoms in total. The van der Waals surface area contributed by atoms with Gasteiger partial charge in [-0.3, -0.25) is 4.79 Å². The molecule has 0 aliphatic heterocycles. The molecule has 1 N–H and O–H groups in total. The van der Waals surface area contributed by atoms with E-state index in [9.17, 15) is 13.6 Å². The molecular formula is C15H10ClF2NO2S2. The number of hydrogen-bond acceptors (Lipinski definition) is 4. The van der Waals surface area contributed by atoms with E-state index in [1.165, 1.54) is 12.1 Å². The Hall–Kier alpha value is -1.70. The predicted molar refractivity (Wildman–Crippen MR) is 89.0 cm³/mol. The third-order valence-corrected chi connectivity index (χ3v) is 5.57. The molecule has 0 saturated heterocycles. The summed E-state index contributed by atoms with van der Waals surface area (Å²) < 4.78 is 29.5. The Bertz CT molecular complexity index is 833. The lowest BCUT2D eigenvalue weighted by molar-refractivity contribution is -0.0497. The number of benzene rings is 1. The van der Waals surface area contributed by atoms with Crippen LogP contribution in [0.1, 0.15) is 14.5 Å². The molecule has 0 spiro atoms. The van der Waals surface area contributed by atoms with Crippen LogP contribution in [0.15, 0.2) is 35.7 Å². The minimum absolute atomic E-state index is 0.0379. The number of fused-ring (bicyclic) bond motifs is 1. The van der Waals surface area contributed by atoms with Crippen LogP contribution in [0.3, 0.4) is 0 Å². The highest BCUT2D eigenvalue weighted by Gasteiger charge is 2.18. The van der Waals surface area contributed by atoms with Crippen molar-refractivity contribution in [1.29, 1.82) is 0 Å². The quantitative estimate of drug-likeness (QED) is 0.671. The van der Waals surface area contributed by atoms with Gasteiger partial charge in [0, 0.05) is 15.0 Å². The van der Waals surface area contributed by atoms with Crippen LogP contribution in [0.25, 0.3) is 10.1 Å². The second kappa shape index (κ2) is 6.82. The Balaban J connectivity index is 1.82. The SMILES string of the molecule is O=C(NCc1cccs1)c1sc2cc(OC(F)F)ccc2c1Cl. The second-order valence-electron chi connectivity index (χ2n) is 4.54. The lowest BCUT2D eigenvalue weighted by atomic mass is 10.2. The molecule has 23 heavy (non-hydrogen) atoms. The van der Waals surface area contributed by atoms with Gasteiger partial charge in [-0.2, -0.15) is 8.78 Å². The molecule has 0 saturated carbocycles. The fourth-order valence-corrected chi connectivity index (χ4v) is 4.13. The molecule has 1 amide bonds. The fourth-order valence-electron chi connectivity index (χ4n) is 2.03. The lowest BCUT2D eigenvalue weighted by Gasteiger charge is -2.03. The highest BCUT2D eigenvalue weighted by atomic mass is 35.5. The van der Waals surface area contributed by atoms with E-state index < -0.39 is 6.61 Å². The van der Waals surface area contributed by atoms with Crippen molar-refractivity contribution in [1.82, 2.24) is 5.32 Å². The van der Waals surface area contributed by atoms with Gasteiger partial charge in [0.05, 0.1) is 11.6 Å². The van der Waals surface area contributed by atoms with Gasteiger partial charge in [0.25, 0.3) is 5.91 Å². The number of amides is 1. The van der Waals surface area contributed by atoms with Gasteiger partial charge in [-0.1, -0.05) is 17.7 Å². The van der Waals surface area contributed by atoms with Crippen molar-refractivity contribution >= 4 is 50.3 Å². The number of carbonyl (C=O) groups excluding carboxylic acids is 1. The van der Waals surface area contributed by atoms with Crippen LogP contribution in [0.2, 0.25) is 5.02 Å². The molecule has 3 aromatic rings. The summed E-state index contributed by atoms with van der Waals surface area (Å²) in [4.78, 5) is 13.6. The van der Waals surface area contributed by atoms with Crippen molar-refractivity contribution in [2.75, 3.05) is 0 Å². The number of carbonyl (C=O) groups is 1.